The highest BCUT2D eigenvalue weighted by Gasteiger charge is 2.10. The molecule has 0 spiro atoms. The van der Waals surface area contributed by atoms with Crippen LogP contribution in [0.4, 0.5) is 11.4 Å². The first-order valence-electron chi connectivity index (χ1n) is 5.65. The largest absolute Gasteiger partial charge is 0.397 e. The predicted molar refractivity (Wildman–Crippen MR) is 69.9 cm³/mol. The van der Waals surface area contributed by atoms with Crippen LogP contribution in [0.25, 0.3) is 0 Å². The Labute approximate surface area is 107 Å². The molecule has 1 atom stereocenters. The van der Waals surface area contributed by atoms with Crippen molar-refractivity contribution in [1.29, 1.82) is 5.26 Å². The molecule has 0 aliphatic heterocycles. The van der Waals surface area contributed by atoms with Crippen LogP contribution < -0.4 is 11.1 Å². The van der Waals surface area contributed by atoms with Gasteiger partial charge in [-0.2, -0.15) is 5.26 Å². The van der Waals surface area contributed by atoms with Gasteiger partial charge in [0, 0.05) is 20.1 Å². The average molecular weight is 247 g/mol. The first kappa shape index (κ1) is 14.0. The predicted octanol–water partition coefficient (Wildman–Crippen LogP) is 1.75. The second-order valence-electron chi connectivity index (χ2n) is 4.23. The highest BCUT2D eigenvalue weighted by Crippen LogP contribution is 2.20. The average Bonchev–Trinajstić information content (AvgIpc) is 2.31. The molecule has 0 aliphatic rings. The second-order valence-corrected chi connectivity index (χ2v) is 4.23. The molecule has 0 saturated carbocycles. The van der Waals surface area contributed by atoms with Crippen LogP contribution in [0.15, 0.2) is 18.2 Å². The molecule has 3 N–H and O–H groups in total. The summed E-state index contributed by atoms with van der Waals surface area (Å²) in [6, 6.07) is 6.77. The number of ether oxygens (including phenoxy) is 1. The molecule has 96 valence electrons. The third-order valence-electron chi connectivity index (χ3n) is 2.44. The SMILES string of the molecule is COCC(C)CC(=O)Nc1ccc(C#N)cc1N. The van der Waals surface area contributed by atoms with Gasteiger partial charge in [-0.1, -0.05) is 6.92 Å². The molecule has 1 rings (SSSR count). The smallest absolute Gasteiger partial charge is 0.224 e. The van der Waals surface area contributed by atoms with Gasteiger partial charge in [0.05, 0.1) is 23.0 Å². The van der Waals surface area contributed by atoms with Crippen LogP contribution in [0.2, 0.25) is 0 Å². The van der Waals surface area contributed by atoms with Gasteiger partial charge in [0.25, 0.3) is 0 Å². The van der Waals surface area contributed by atoms with Crippen LogP contribution in [-0.2, 0) is 9.53 Å². The molecule has 18 heavy (non-hydrogen) atoms. The molecule has 5 nitrogen and oxygen atoms in total. The highest BCUT2D eigenvalue weighted by molar-refractivity contribution is 5.94. The maximum absolute atomic E-state index is 11.7. The van der Waals surface area contributed by atoms with Gasteiger partial charge in [0.15, 0.2) is 0 Å². The molecule has 1 aromatic rings. The lowest BCUT2D eigenvalue weighted by molar-refractivity contribution is -0.117. The molecule has 0 bridgehead atoms. The van der Waals surface area contributed by atoms with Gasteiger partial charge < -0.3 is 15.8 Å². The molecule has 0 fully saturated rings. The zero-order chi connectivity index (χ0) is 13.5. The summed E-state index contributed by atoms with van der Waals surface area (Å²) in [5.74, 6) is 0.0329. The second kappa shape index (κ2) is 6.62. The Morgan fingerprint density at radius 1 is 1.61 bits per heavy atom. The fourth-order valence-electron chi connectivity index (χ4n) is 1.61. The van der Waals surface area contributed by atoms with Crippen LogP contribution >= 0.6 is 0 Å². The van der Waals surface area contributed by atoms with Gasteiger partial charge in [-0.25, -0.2) is 0 Å². The lowest BCUT2D eigenvalue weighted by Gasteiger charge is -2.11. The van der Waals surface area contributed by atoms with Crippen LogP contribution in [0.1, 0.15) is 18.9 Å². The minimum Gasteiger partial charge on any atom is -0.397 e. The number of amides is 1. The Bertz CT molecular complexity index is 466. The summed E-state index contributed by atoms with van der Waals surface area (Å²) in [6.45, 7) is 2.47. The van der Waals surface area contributed by atoms with Crippen molar-refractivity contribution in [3.8, 4) is 6.07 Å². The van der Waals surface area contributed by atoms with E-state index in [1.54, 1.807) is 19.2 Å². The number of carbonyl (C=O) groups is 1. The molecular formula is C13H17N3O2. The van der Waals surface area contributed by atoms with Crippen molar-refractivity contribution >= 4 is 17.3 Å². The first-order chi connectivity index (χ1) is 8.56. The summed E-state index contributed by atoms with van der Waals surface area (Å²) < 4.78 is 4.97. The number of nitrogens with zero attached hydrogens (tertiary/aromatic N) is 1. The van der Waals surface area contributed by atoms with Crippen molar-refractivity contribution in [2.75, 3.05) is 24.8 Å². The number of carbonyl (C=O) groups excluding carboxylic acids is 1. The van der Waals surface area contributed by atoms with Crippen molar-refractivity contribution in [2.45, 2.75) is 13.3 Å². The van der Waals surface area contributed by atoms with Gasteiger partial charge in [-0.3, -0.25) is 4.79 Å². The van der Waals surface area contributed by atoms with Crippen LogP contribution in [0, 0.1) is 17.2 Å². The molecule has 5 heteroatoms. The monoisotopic (exact) mass is 247 g/mol. The van der Waals surface area contributed by atoms with Gasteiger partial charge in [-0.15, -0.1) is 0 Å². The fraction of sp³-hybridized carbons (Fsp3) is 0.385. The van der Waals surface area contributed by atoms with Crippen molar-refractivity contribution < 1.29 is 9.53 Å². The van der Waals surface area contributed by atoms with Crippen molar-refractivity contribution in [3.63, 3.8) is 0 Å². The molecular weight excluding hydrogens is 230 g/mol. The third kappa shape index (κ3) is 4.07. The normalized spacial score (nSPS) is 11.6. The lowest BCUT2D eigenvalue weighted by atomic mass is 10.1. The van der Waals surface area contributed by atoms with Crippen LogP contribution in [0.5, 0.6) is 0 Å². The summed E-state index contributed by atoms with van der Waals surface area (Å²) >= 11 is 0. The van der Waals surface area contributed by atoms with E-state index in [2.05, 4.69) is 5.32 Å². The number of nitriles is 1. The van der Waals surface area contributed by atoms with Crippen molar-refractivity contribution in [1.82, 2.24) is 0 Å². The summed E-state index contributed by atoms with van der Waals surface area (Å²) in [6.07, 6.45) is 0.368. The number of nitrogens with two attached hydrogens (primary N) is 1. The zero-order valence-corrected chi connectivity index (χ0v) is 10.6. The number of anilines is 2. The minimum atomic E-state index is -0.115. The van der Waals surface area contributed by atoms with E-state index in [4.69, 9.17) is 15.7 Å². The molecule has 0 aliphatic carbocycles. The number of hydrogen-bond donors (Lipinski definition) is 2. The number of methoxy groups -OCH3 is 1. The molecule has 1 unspecified atom stereocenters. The molecule has 0 aromatic heterocycles. The van der Waals surface area contributed by atoms with E-state index in [9.17, 15) is 4.79 Å². The fourth-order valence-corrected chi connectivity index (χ4v) is 1.61. The minimum absolute atomic E-state index is 0.115. The van der Waals surface area contributed by atoms with E-state index in [-0.39, 0.29) is 11.8 Å². The quantitative estimate of drug-likeness (QED) is 0.776. The van der Waals surface area contributed by atoms with Crippen molar-refractivity contribution in [2.24, 2.45) is 5.92 Å². The molecule has 0 saturated heterocycles. The lowest BCUT2D eigenvalue weighted by Crippen LogP contribution is -2.18. The Morgan fingerprint density at radius 2 is 2.33 bits per heavy atom. The molecule has 1 aromatic carbocycles. The van der Waals surface area contributed by atoms with E-state index in [1.165, 1.54) is 6.07 Å². The Morgan fingerprint density at radius 3 is 2.89 bits per heavy atom. The maximum Gasteiger partial charge on any atom is 0.224 e. The van der Waals surface area contributed by atoms with Gasteiger partial charge in [0.1, 0.15) is 0 Å². The Hall–Kier alpha value is -2.06. The summed E-state index contributed by atoms with van der Waals surface area (Å²) in [5, 5.41) is 11.4. The third-order valence-corrected chi connectivity index (χ3v) is 2.44. The van der Waals surface area contributed by atoms with Crippen LogP contribution in [0.3, 0.4) is 0 Å². The Balaban J connectivity index is 2.62. The van der Waals surface area contributed by atoms with E-state index in [0.717, 1.165) is 0 Å². The maximum atomic E-state index is 11.7. The van der Waals surface area contributed by atoms with Gasteiger partial charge >= 0.3 is 0 Å². The topological polar surface area (TPSA) is 88.1 Å². The highest BCUT2D eigenvalue weighted by atomic mass is 16.5. The molecule has 1 amide bonds. The van der Waals surface area contributed by atoms with E-state index in [1.807, 2.05) is 13.0 Å². The summed E-state index contributed by atoms with van der Waals surface area (Å²) in [4.78, 5) is 11.7. The van der Waals surface area contributed by atoms with Crippen molar-refractivity contribution in [3.05, 3.63) is 23.8 Å². The molecule has 0 radical (unpaired) electrons. The number of benzene rings is 1. The first-order valence-corrected chi connectivity index (χ1v) is 5.65. The van der Waals surface area contributed by atoms with E-state index in [0.29, 0.717) is 30.0 Å². The van der Waals surface area contributed by atoms with Crippen LogP contribution in [-0.4, -0.2) is 19.6 Å². The number of rotatable bonds is 5. The van der Waals surface area contributed by atoms with Gasteiger partial charge in [0.2, 0.25) is 5.91 Å². The number of nitrogens with one attached hydrogen (secondary N) is 1. The standard InChI is InChI=1S/C13H17N3O2/c1-9(8-18-2)5-13(17)16-12-4-3-10(7-14)6-11(12)15/h3-4,6,9H,5,8,15H2,1-2H3,(H,16,17). The summed E-state index contributed by atoms with van der Waals surface area (Å²) in [7, 11) is 1.60. The van der Waals surface area contributed by atoms with Gasteiger partial charge in [-0.05, 0) is 24.1 Å². The van der Waals surface area contributed by atoms with E-state index < -0.39 is 0 Å². The number of hydrogen-bond acceptors (Lipinski definition) is 4. The Kier molecular flexibility index (Phi) is 5.15. The van der Waals surface area contributed by atoms with E-state index >= 15 is 0 Å². The summed E-state index contributed by atoms with van der Waals surface area (Å²) in [5.41, 5.74) is 7.14. The number of nitrogen functional groups attached to an aromatic ring is 1. The zero-order valence-electron chi connectivity index (χ0n) is 10.6. The molecule has 0 heterocycles.